The second kappa shape index (κ2) is 6.79. The van der Waals surface area contributed by atoms with Crippen molar-refractivity contribution in [2.45, 2.75) is 38.5 Å². The van der Waals surface area contributed by atoms with Gasteiger partial charge in [-0.25, -0.2) is 9.82 Å². The van der Waals surface area contributed by atoms with Crippen molar-refractivity contribution >= 4 is 12.1 Å². The molecule has 3 nitrogen and oxygen atoms in total. The third-order valence-electron chi connectivity index (χ3n) is 4.57. The molecule has 0 heterocycles. The molecule has 0 saturated heterocycles. The van der Waals surface area contributed by atoms with Gasteiger partial charge in [-0.1, -0.05) is 57.2 Å². The lowest BCUT2D eigenvalue weighted by Gasteiger charge is -2.19. The maximum atomic E-state index is 13.1. The largest absolute Gasteiger partial charge is 0.273 e. The molecule has 2 aromatic carbocycles. The van der Waals surface area contributed by atoms with E-state index < -0.39 is 0 Å². The smallest absolute Gasteiger partial charge is 0.243 e. The molecule has 0 unspecified atom stereocenters. The quantitative estimate of drug-likeness (QED) is 0.652. The van der Waals surface area contributed by atoms with Crippen molar-refractivity contribution in [2.24, 2.45) is 11.0 Å². The number of nitrogens with one attached hydrogen (secondary N) is 1. The van der Waals surface area contributed by atoms with E-state index in [2.05, 4.69) is 55.6 Å². The number of nitrogens with zero attached hydrogens (tertiary/aromatic N) is 1. The average molecular weight is 338 g/mol. The van der Waals surface area contributed by atoms with Crippen molar-refractivity contribution < 1.29 is 9.18 Å². The summed E-state index contributed by atoms with van der Waals surface area (Å²) in [7, 11) is 0. The highest BCUT2D eigenvalue weighted by Gasteiger charge is 2.43. The zero-order chi connectivity index (χ0) is 18.0. The van der Waals surface area contributed by atoms with Gasteiger partial charge in [0, 0.05) is 5.92 Å². The van der Waals surface area contributed by atoms with Gasteiger partial charge in [0.2, 0.25) is 5.91 Å². The molecule has 0 bridgehead atoms. The molecular weight excluding hydrogens is 315 g/mol. The van der Waals surface area contributed by atoms with Gasteiger partial charge in [0.05, 0.1) is 6.21 Å². The lowest BCUT2D eigenvalue weighted by molar-refractivity contribution is -0.122. The SMILES string of the molecule is CC(C)(C)c1ccc([C@H]2C[C@@H]2C(=O)N/N=C\c2cccc(F)c2)cc1. The van der Waals surface area contributed by atoms with Crippen molar-refractivity contribution in [3.05, 3.63) is 71.0 Å². The van der Waals surface area contributed by atoms with Gasteiger partial charge >= 0.3 is 0 Å². The monoisotopic (exact) mass is 338 g/mol. The van der Waals surface area contributed by atoms with Gasteiger partial charge in [-0.05, 0) is 46.6 Å². The van der Waals surface area contributed by atoms with Crippen LogP contribution in [0.15, 0.2) is 53.6 Å². The fourth-order valence-electron chi connectivity index (χ4n) is 2.92. The average Bonchev–Trinajstić information content (AvgIpc) is 3.35. The number of hydrogen-bond donors (Lipinski definition) is 1. The summed E-state index contributed by atoms with van der Waals surface area (Å²) in [6.07, 6.45) is 2.30. The standard InChI is InChI=1S/C21H23FN2O/c1-21(2,3)16-9-7-15(8-10-16)18-12-19(18)20(25)24-23-13-14-5-4-6-17(22)11-14/h4-11,13,18-19H,12H2,1-3H3,(H,24,25)/b23-13-/t18-,19+/m1/s1. The molecular formula is C21H23FN2O. The minimum absolute atomic E-state index is 0.0369. The summed E-state index contributed by atoms with van der Waals surface area (Å²) in [4.78, 5) is 12.2. The first-order chi connectivity index (χ1) is 11.8. The van der Waals surface area contributed by atoms with Crippen LogP contribution >= 0.6 is 0 Å². The first kappa shape index (κ1) is 17.3. The summed E-state index contributed by atoms with van der Waals surface area (Å²) in [6.45, 7) is 6.56. The summed E-state index contributed by atoms with van der Waals surface area (Å²) < 4.78 is 13.1. The summed E-state index contributed by atoms with van der Waals surface area (Å²) in [5.41, 5.74) is 5.79. The Bertz CT molecular complexity index is 790. The molecule has 2 aromatic rings. The van der Waals surface area contributed by atoms with Gasteiger partial charge in [-0.3, -0.25) is 4.79 Å². The number of benzene rings is 2. The molecule has 1 fully saturated rings. The Kier molecular flexibility index (Phi) is 4.71. The molecule has 0 aromatic heterocycles. The van der Waals surface area contributed by atoms with Gasteiger partial charge in [0.15, 0.2) is 0 Å². The van der Waals surface area contributed by atoms with Crippen LogP contribution in [0.4, 0.5) is 4.39 Å². The molecule has 0 aliphatic heterocycles. The van der Waals surface area contributed by atoms with E-state index in [4.69, 9.17) is 0 Å². The highest BCUT2D eigenvalue weighted by Crippen LogP contribution is 2.47. The Morgan fingerprint density at radius 3 is 2.56 bits per heavy atom. The zero-order valence-electron chi connectivity index (χ0n) is 14.8. The number of carbonyl (C=O) groups is 1. The van der Waals surface area contributed by atoms with Crippen LogP contribution < -0.4 is 5.43 Å². The van der Waals surface area contributed by atoms with Gasteiger partial charge in [-0.15, -0.1) is 0 Å². The van der Waals surface area contributed by atoms with Crippen molar-refractivity contribution in [2.75, 3.05) is 0 Å². The number of halogens is 1. The predicted octanol–water partition coefficient (Wildman–Crippen LogP) is 4.38. The van der Waals surface area contributed by atoms with E-state index in [-0.39, 0.29) is 29.0 Å². The molecule has 1 saturated carbocycles. The first-order valence-corrected chi connectivity index (χ1v) is 8.53. The van der Waals surface area contributed by atoms with Crippen LogP contribution in [0, 0.1) is 11.7 Å². The number of rotatable bonds is 4. The lowest BCUT2D eigenvalue weighted by Crippen LogP contribution is -2.20. The van der Waals surface area contributed by atoms with Crippen LogP contribution in [0.5, 0.6) is 0 Å². The highest BCUT2D eigenvalue weighted by molar-refractivity contribution is 5.85. The molecule has 2 atom stereocenters. The van der Waals surface area contributed by atoms with Crippen molar-refractivity contribution in [3.8, 4) is 0 Å². The molecule has 0 radical (unpaired) electrons. The van der Waals surface area contributed by atoms with Crippen LogP contribution in [0.3, 0.4) is 0 Å². The van der Waals surface area contributed by atoms with Crippen LogP contribution in [0.2, 0.25) is 0 Å². The normalized spacial score (nSPS) is 19.8. The molecule has 4 heteroatoms. The summed E-state index contributed by atoms with van der Waals surface area (Å²) in [5.74, 6) is -0.183. The van der Waals surface area contributed by atoms with Gasteiger partial charge in [0.25, 0.3) is 0 Å². The molecule has 0 spiro atoms. The van der Waals surface area contributed by atoms with E-state index in [1.165, 1.54) is 29.5 Å². The fourth-order valence-corrected chi connectivity index (χ4v) is 2.92. The third kappa shape index (κ3) is 4.32. The van der Waals surface area contributed by atoms with E-state index >= 15 is 0 Å². The predicted molar refractivity (Wildman–Crippen MR) is 98.1 cm³/mol. The Morgan fingerprint density at radius 1 is 1.20 bits per heavy atom. The maximum Gasteiger partial charge on any atom is 0.243 e. The van der Waals surface area contributed by atoms with E-state index in [1.54, 1.807) is 12.1 Å². The molecule has 3 rings (SSSR count). The van der Waals surface area contributed by atoms with Gasteiger partial charge in [0.1, 0.15) is 5.82 Å². The highest BCUT2D eigenvalue weighted by atomic mass is 19.1. The Labute approximate surface area is 148 Å². The van der Waals surface area contributed by atoms with Gasteiger partial charge < -0.3 is 0 Å². The Hall–Kier alpha value is -2.49. The number of carbonyl (C=O) groups excluding carboxylic acids is 1. The second-order valence-corrected chi connectivity index (χ2v) is 7.61. The molecule has 25 heavy (non-hydrogen) atoms. The van der Waals surface area contributed by atoms with Crippen LogP contribution in [0.1, 0.15) is 49.8 Å². The fraction of sp³-hybridized carbons (Fsp3) is 0.333. The first-order valence-electron chi connectivity index (χ1n) is 8.53. The molecule has 130 valence electrons. The summed E-state index contributed by atoms with van der Waals surface area (Å²) in [6, 6.07) is 14.6. The van der Waals surface area contributed by atoms with E-state index in [0.29, 0.717) is 5.56 Å². The van der Waals surface area contributed by atoms with Crippen LogP contribution in [-0.2, 0) is 10.2 Å². The summed E-state index contributed by atoms with van der Waals surface area (Å²) in [5, 5.41) is 3.93. The topological polar surface area (TPSA) is 41.5 Å². The van der Waals surface area contributed by atoms with Crippen LogP contribution in [-0.4, -0.2) is 12.1 Å². The third-order valence-corrected chi connectivity index (χ3v) is 4.57. The Balaban J connectivity index is 1.55. The molecule has 1 N–H and O–H groups in total. The second-order valence-electron chi connectivity index (χ2n) is 7.61. The van der Waals surface area contributed by atoms with Crippen LogP contribution in [0.25, 0.3) is 0 Å². The minimum Gasteiger partial charge on any atom is -0.273 e. The molecule has 1 aliphatic carbocycles. The van der Waals surface area contributed by atoms with Crippen molar-refractivity contribution in [1.82, 2.24) is 5.43 Å². The number of amides is 1. The van der Waals surface area contributed by atoms with E-state index in [1.807, 2.05) is 0 Å². The van der Waals surface area contributed by atoms with E-state index in [9.17, 15) is 9.18 Å². The summed E-state index contributed by atoms with van der Waals surface area (Å²) >= 11 is 0. The van der Waals surface area contributed by atoms with E-state index in [0.717, 1.165) is 6.42 Å². The van der Waals surface area contributed by atoms with Crippen molar-refractivity contribution in [3.63, 3.8) is 0 Å². The van der Waals surface area contributed by atoms with Crippen molar-refractivity contribution in [1.29, 1.82) is 0 Å². The molecule has 1 aliphatic rings. The number of hydrogen-bond acceptors (Lipinski definition) is 2. The Morgan fingerprint density at radius 2 is 1.92 bits per heavy atom. The minimum atomic E-state index is -0.323. The lowest BCUT2D eigenvalue weighted by atomic mass is 9.86. The van der Waals surface area contributed by atoms with Gasteiger partial charge in [-0.2, -0.15) is 5.10 Å². The zero-order valence-corrected chi connectivity index (χ0v) is 14.8. The molecule has 1 amide bonds. The maximum absolute atomic E-state index is 13.1. The number of hydrazone groups is 1.